The highest BCUT2D eigenvalue weighted by molar-refractivity contribution is 6.18. The van der Waals surface area contributed by atoms with Crippen molar-refractivity contribution < 1.29 is 10.0 Å². The first-order valence-electron chi connectivity index (χ1n) is 4.83. The maximum atomic E-state index is 10.4. The number of anilines is 1. The van der Waals surface area contributed by atoms with Gasteiger partial charge in [0.2, 0.25) is 0 Å². The van der Waals surface area contributed by atoms with Gasteiger partial charge in [0.15, 0.2) is 5.82 Å². The highest BCUT2D eigenvalue weighted by Crippen LogP contribution is 2.22. The van der Waals surface area contributed by atoms with Gasteiger partial charge >= 0.3 is 0 Å². The molecule has 0 saturated carbocycles. The minimum absolute atomic E-state index is 0.00872. The van der Waals surface area contributed by atoms with E-state index < -0.39 is 4.92 Å². The van der Waals surface area contributed by atoms with Crippen molar-refractivity contribution in [3.63, 3.8) is 0 Å². The molecule has 0 spiro atoms. The van der Waals surface area contributed by atoms with Gasteiger partial charge in [-0.2, -0.15) is 0 Å². The highest BCUT2D eigenvalue weighted by atomic mass is 35.5. The van der Waals surface area contributed by atoms with Crippen LogP contribution in [-0.4, -0.2) is 22.5 Å². The van der Waals surface area contributed by atoms with Gasteiger partial charge in [-0.1, -0.05) is 12.1 Å². The van der Waals surface area contributed by atoms with Gasteiger partial charge in [-0.05, 0) is 12.1 Å². The number of rotatable bonds is 6. The standard InChI is InChI=1S/C10H12ClN3O3/c11-5-6-12-10(7-14(16)17)13-8-3-1-2-4-9(8)15/h1-4,7,12-13,15H,5-6H2. The molecule has 0 aliphatic heterocycles. The van der Waals surface area contributed by atoms with Gasteiger partial charge in [0.25, 0.3) is 6.20 Å². The number of nitrogens with zero attached hydrogens (tertiary/aromatic N) is 1. The molecule has 0 bridgehead atoms. The van der Waals surface area contributed by atoms with Crippen LogP contribution in [0.3, 0.4) is 0 Å². The summed E-state index contributed by atoms with van der Waals surface area (Å²) >= 11 is 5.48. The molecule has 0 aromatic heterocycles. The molecule has 17 heavy (non-hydrogen) atoms. The minimum atomic E-state index is -0.594. The molecule has 1 aromatic carbocycles. The number of para-hydroxylation sites is 2. The third-order valence-corrected chi connectivity index (χ3v) is 2.01. The number of halogens is 1. The predicted molar refractivity (Wildman–Crippen MR) is 65.5 cm³/mol. The quantitative estimate of drug-likeness (QED) is 0.313. The van der Waals surface area contributed by atoms with Crippen LogP contribution >= 0.6 is 11.6 Å². The lowest BCUT2D eigenvalue weighted by Gasteiger charge is -2.11. The maximum Gasteiger partial charge on any atom is 0.274 e. The predicted octanol–water partition coefficient (Wildman–Crippen LogP) is 1.71. The summed E-state index contributed by atoms with van der Waals surface area (Å²) < 4.78 is 0. The van der Waals surface area contributed by atoms with Crippen molar-refractivity contribution in [2.75, 3.05) is 17.7 Å². The van der Waals surface area contributed by atoms with Crippen LogP contribution in [-0.2, 0) is 0 Å². The van der Waals surface area contributed by atoms with E-state index in [1.807, 2.05) is 0 Å². The van der Waals surface area contributed by atoms with Gasteiger partial charge < -0.3 is 15.7 Å². The summed E-state index contributed by atoms with van der Waals surface area (Å²) in [6, 6.07) is 6.44. The molecule has 0 radical (unpaired) electrons. The fourth-order valence-electron chi connectivity index (χ4n) is 1.13. The molecule has 0 aliphatic carbocycles. The molecular formula is C10H12ClN3O3. The van der Waals surface area contributed by atoms with E-state index in [-0.39, 0.29) is 11.6 Å². The van der Waals surface area contributed by atoms with Gasteiger partial charge in [-0.3, -0.25) is 10.1 Å². The first-order valence-corrected chi connectivity index (χ1v) is 5.37. The molecule has 0 heterocycles. The third kappa shape index (κ3) is 4.60. The van der Waals surface area contributed by atoms with Crippen molar-refractivity contribution in [1.82, 2.24) is 5.32 Å². The molecule has 92 valence electrons. The van der Waals surface area contributed by atoms with E-state index in [2.05, 4.69) is 10.6 Å². The van der Waals surface area contributed by atoms with Crippen molar-refractivity contribution in [3.05, 3.63) is 46.4 Å². The monoisotopic (exact) mass is 257 g/mol. The van der Waals surface area contributed by atoms with Crippen LogP contribution < -0.4 is 10.6 Å². The Morgan fingerprint density at radius 1 is 1.53 bits per heavy atom. The number of phenols is 1. The van der Waals surface area contributed by atoms with Crippen molar-refractivity contribution in [3.8, 4) is 5.75 Å². The number of alkyl halides is 1. The van der Waals surface area contributed by atoms with Crippen molar-refractivity contribution in [2.45, 2.75) is 0 Å². The van der Waals surface area contributed by atoms with E-state index >= 15 is 0 Å². The largest absolute Gasteiger partial charge is 0.506 e. The summed E-state index contributed by atoms with van der Waals surface area (Å²) in [6.07, 6.45) is 0.777. The van der Waals surface area contributed by atoms with Crippen LogP contribution in [0.1, 0.15) is 0 Å². The molecule has 0 atom stereocenters. The SMILES string of the molecule is O=[N+]([O-])C=C(NCCCl)Nc1ccccc1O. The third-order valence-electron chi connectivity index (χ3n) is 1.82. The molecule has 0 unspecified atom stereocenters. The number of phenolic OH excluding ortho intramolecular Hbond substituents is 1. The van der Waals surface area contributed by atoms with Crippen LogP contribution in [0.2, 0.25) is 0 Å². The Balaban J connectivity index is 2.79. The van der Waals surface area contributed by atoms with Crippen LogP contribution in [0.4, 0.5) is 5.69 Å². The maximum absolute atomic E-state index is 10.4. The second kappa shape index (κ2) is 6.59. The number of benzene rings is 1. The molecule has 0 amide bonds. The first kappa shape index (κ1) is 13.1. The summed E-state index contributed by atoms with van der Waals surface area (Å²) in [6.45, 7) is 0.377. The summed E-state index contributed by atoms with van der Waals surface area (Å²) in [5, 5.41) is 25.4. The Hall–Kier alpha value is -1.95. The summed E-state index contributed by atoms with van der Waals surface area (Å²) in [7, 11) is 0. The van der Waals surface area contributed by atoms with Crippen molar-refractivity contribution in [2.24, 2.45) is 0 Å². The van der Waals surface area contributed by atoms with Gasteiger partial charge in [0.1, 0.15) is 5.75 Å². The fraction of sp³-hybridized carbons (Fsp3) is 0.200. The van der Waals surface area contributed by atoms with Gasteiger partial charge in [0.05, 0.1) is 10.6 Å². The molecule has 7 heteroatoms. The topological polar surface area (TPSA) is 87.4 Å². The molecule has 0 fully saturated rings. The Morgan fingerprint density at radius 3 is 2.82 bits per heavy atom. The first-order chi connectivity index (χ1) is 8.13. The summed E-state index contributed by atoms with van der Waals surface area (Å²) in [5.41, 5.74) is 0.377. The lowest BCUT2D eigenvalue weighted by molar-refractivity contribution is -0.403. The number of hydrogen-bond acceptors (Lipinski definition) is 5. The number of nitrogens with one attached hydrogen (secondary N) is 2. The molecule has 1 aromatic rings. The Kier molecular flexibility index (Phi) is 5.09. The lowest BCUT2D eigenvalue weighted by atomic mass is 10.3. The molecule has 3 N–H and O–H groups in total. The number of hydrogen-bond donors (Lipinski definition) is 3. The number of aromatic hydroxyl groups is 1. The lowest BCUT2D eigenvalue weighted by Crippen LogP contribution is -2.22. The van der Waals surface area contributed by atoms with Gasteiger partial charge in [0, 0.05) is 12.4 Å². The molecule has 1 rings (SSSR count). The van der Waals surface area contributed by atoms with E-state index in [0.717, 1.165) is 6.20 Å². The van der Waals surface area contributed by atoms with Crippen LogP contribution in [0.5, 0.6) is 5.75 Å². The fourth-order valence-corrected chi connectivity index (χ4v) is 1.23. The molecule has 6 nitrogen and oxygen atoms in total. The zero-order valence-electron chi connectivity index (χ0n) is 8.89. The second-order valence-corrected chi connectivity index (χ2v) is 3.46. The van der Waals surface area contributed by atoms with Crippen LogP contribution in [0.15, 0.2) is 36.3 Å². The average Bonchev–Trinajstić information content (AvgIpc) is 2.28. The summed E-state index contributed by atoms with van der Waals surface area (Å²) in [5.74, 6) is 0.490. The van der Waals surface area contributed by atoms with Gasteiger partial charge in [-0.15, -0.1) is 11.6 Å². The Labute approximate surface area is 103 Å². The Morgan fingerprint density at radius 2 is 2.24 bits per heavy atom. The van der Waals surface area contributed by atoms with E-state index in [9.17, 15) is 15.2 Å². The molecule has 0 saturated heterocycles. The molecule has 0 aliphatic rings. The second-order valence-electron chi connectivity index (χ2n) is 3.09. The zero-order valence-corrected chi connectivity index (χ0v) is 9.65. The van der Waals surface area contributed by atoms with E-state index in [0.29, 0.717) is 18.1 Å². The van der Waals surface area contributed by atoms with Gasteiger partial charge in [-0.25, -0.2) is 0 Å². The highest BCUT2D eigenvalue weighted by Gasteiger charge is 2.05. The van der Waals surface area contributed by atoms with Crippen LogP contribution in [0.25, 0.3) is 0 Å². The van der Waals surface area contributed by atoms with E-state index in [1.54, 1.807) is 18.2 Å². The molecular weight excluding hydrogens is 246 g/mol. The van der Waals surface area contributed by atoms with E-state index in [1.165, 1.54) is 6.07 Å². The van der Waals surface area contributed by atoms with Crippen molar-refractivity contribution in [1.29, 1.82) is 0 Å². The van der Waals surface area contributed by atoms with Crippen LogP contribution in [0, 0.1) is 10.1 Å². The normalized spacial score (nSPS) is 11.0. The number of nitro groups is 1. The van der Waals surface area contributed by atoms with Crippen molar-refractivity contribution >= 4 is 17.3 Å². The Bertz CT molecular complexity index is 423. The summed E-state index contributed by atoms with van der Waals surface area (Å²) in [4.78, 5) is 9.81. The smallest absolute Gasteiger partial charge is 0.274 e. The zero-order chi connectivity index (χ0) is 12.7. The van der Waals surface area contributed by atoms with E-state index in [4.69, 9.17) is 11.6 Å². The average molecular weight is 258 g/mol. The minimum Gasteiger partial charge on any atom is -0.506 e.